The van der Waals surface area contributed by atoms with Crippen LogP contribution in [0.3, 0.4) is 0 Å². The molecule has 0 aliphatic rings. The van der Waals surface area contributed by atoms with E-state index >= 15 is 0 Å². The SMILES string of the molecule is CCCOc1cccc(CNc2ccc(Cl)nc2C)c1. The maximum absolute atomic E-state index is 5.85. The third kappa shape index (κ3) is 4.14. The minimum Gasteiger partial charge on any atom is -0.494 e. The molecule has 0 aliphatic heterocycles. The number of ether oxygens (including phenoxy) is 1. The normalized spacial score (nSPS) is 10.3. The van der Waals surface area contributed by atoms with Gasteiger partial charge in [0, 0.05) is 6.54 Å². The van der Waals surface area contributed by atoms with Crippen LogP contribution in [-0.4, -0.2) is 11.6 Å². The van der Waals surface area contributed by atoms with Gasteiger partial charge in [-0.2, -0.15) is 0 Å². The van der Waals surface area contributed by atoms with Crippen molar-refractivity contribution in [3.05, 3.63) is 52.8 Å². The molecule has 0 fully saturated rings. The Hall–Kier alpha value is -1.74. The molecule has 4 heteroatoms. The van der Waals surface area contributed by atoms with Crippen molar-refractivity contribution in [2.45, 2.75) is 26.8 Å². The van der Waals surface area contributed by atoms with Gasteiger partial charge >= 0.3 is 0 Å². The standard InChI is InChI=1S/C16H19ClN2O/c1-3-9-20-14-6-4-5-13(10-14)11-18-15-7-8-16(17)19-12(15)2/h4-8,10,18H,3,9,11H2,1-2H3. The van der Waals surface area contributed by atoms with Gasteiger partial charge in [0.15, 0.2) is 0 Å². The highest BCUT2D eigenvalue weighted by Crippen LogP contribution is 2.18. The molecule has 1 aromatic heterocycles. The number of pyridine rings is 1. The number of benzene rings is 1. The molecule has 0 atom stereocenters. The number of nitrogens with zero attached hydrogens (tertiary/aromatic N) is 1. The average molecular weight is 291 g/mol. The quantitative estimate of drug-likeness (QED) is 0.798. The van der Waals surface area contributed by atoms with Crippen molar-refractivity contribution in [3.8, 4) is 5.75 Å². The molecule has 0 radical (unpaired) electrons. The molecule has 1 aromatic carbocycles. The molecular weight excluding hydrogens is 272 g/mol. The zero-order chi connectivity index (χ0) is 14.4. The van der Waals surface area contributed by atoms with Gasteiger partial charge in [0.1, 0.15) is 10.9 Å². The molecule has 0 bridgehead atoms. The Bertz CT molecular complexity index is 572. The van der Waals surface area contributed by atoms with Gasteiger partial charge < -0.3 is 10.1 Å². The molecule has 106 valence electrons. The molecule has 0 aliphatic carbocycles. The number of hydrogen-bond donors (Lipinski definition) is 1. The second-order valence-corrected chi connectivity index (χ2v) is 5.00. The van der Waals surface area contributed by atoms with Gasteiger partial charge in [-0.3, -0.25) is 0 Å². The second kappa shape index (κ2) is 7.15. The summed E-state index contributed by atoms with van der Waals surface area (Å²) in [5.41, 5.74) is 3.07. The number of hydrogen-bond acceptors (Lipinski definition) is 3. The summed E-state index contributed by atoms with van der Waals surface area (Å²) in [7, 11) is 0. The van der Waals surface area contributed by atoms with Crippen LogP contribution in [0.1, 0.15) is 24.6 Å². The Balaban J connectivity index is 1.99. The number of nitrogens with one attached hydrogen (secondary N) is 1. The van der Waals surface area contributed by atoms with Crippen molar-refractivity contribution < 1.29 is 4.74 Å². The van der Waals surface area contributed by atoms with Gasteiger partial charge in [0.2, 0.25) is 0 Å². The summed E-state index contributed by atoms with van der Waals surface area (Å²) >= 11 is 5.85. The van der Waals surface area contributed by atoms with Crippen LogP contribution in [0.5, 0.6) is 5.75 Å². The molecule has 2 aromatic rings. The van der Waals surface area contributed by atoms with E-state index in [1.54, 1.807) is 6.07 Å². The van der Waals surface area contributed by atoms with Crippen molar-refractivity contribution in [2.75, 3.05) is 11.9 Å². The molecule has 3 nitrogen and oxygen atoms in total. The average Bonchev–Trinajstić information content (AvgIpc) is 2.45. The molecule has 0 amide bonds. The van der Waals surface area contributed by atoms with E-state index in [0.29, 0.717) is 5.15 Å². The topological polar surface area (TPSA) is 34.1 Å². The first-order chi connectivity index (χ1) is 9.69. The fourth-order valence-electron chi connectivity index (χ4n) is 1.88. The monoisotopic (exact) mass is 290 g/mol. The van der Waals surface area contributed by atoms with E-state index in [1.807, 2.05) is 25.1 Å². The predicted molar refractivity (Wildman–Crippen MR) is 83.5 cm³/mol. The minimum absolute atomic E-state index is 0.517. The summed E-state index contributed by atoms with van der Waals surface area (Å²) in [4.78, 5) is 4.22. The van der Waals surface area contributed by atoms with Crippen LogP contribution in [-0.2, 0) is 6.54 Å². The van der Waals surface area contributed by atoms with Gasteiger partial charge in [0.05, 0.1) is 18.0 Å². The highest BCUT2D eigenvalue weighted by molar-refractivity contribution is 6.29. The van der Waals surface area contributed by atoms with E-state index < -0.39 is 0 Å². The number of halogens is 1. The lowest BCUT2D eigenvalue weighted by atomic mass is 10.2. The fraction of sp³-hybridized carbons (Fsp3) is 0.312. The summed E-state index contributed by atoms with van der Waals surface area (Å²) in [6, 6.07) is 11.9. The number of anilines is 1. The number of rotatable bonds is 6. The second-order valence-electron chi connectivity index (χ2n) is 4.62. The van der Waals surface area contributed by atoms with Crippen LogP contribution in [0.15, 0.2) is 36.4 Å². The highest BCUT2D eigenvalue weighted by atomic mass is 35.5. The van der Waals surface area contributed by atoms with Crippen LogP contribution >= 0.6 is 11.6 Å². The molecule has 0 unspecified atom stereocenters. The summed E-state index contributed by atoms with van der Waals surface area (Å²) in [6.07, 6.45) is 1.01. The zero-order valence-corrected chi connectivity index (χ0v) is 12.6. The van der Waals surface area contributed by atoms with Gasteiger partial charge in [-0.15, -0.1) is 0 Å². The van der Waals surface area contributed by atoms with E-state index in [-0.39, 0.29) is 0 Å². The van der Waals surface area contributed by atoms with Crippen LogP contribution in [0.4, 0.5) is 5.69 Å². The third-order valence-corrected chi connectivity index (χ3v) is 3.12. The lowest BCUT2D eigenvalue weighted by Crippen LogP contribution is -2.03. The highest BCUT2D eigenvalue weighted by Gasteiger charge is 2.01. The van der Waals surface area contributed by atoms with Crippen molar-refractivity contribution in [1.82, 2.24) is 4.98 Å². The van der Waals surface area contributed by atoms with E-state index in [0.717, 1.165) is 36.7 Å². The summed E-state index contributed by atoms with van der Waals surface area (Å²) in [5, 5.41) is 3.88. The van der Waals surface area contributed by atoms with Gasteiger partial charge in [-0.05, 0) is 43.2 Å². The largest absolute Gasteiger partial charge is 0.494 e. The maximum Gasteiger partial charge on any atom is 0.129 e. The lowest BCUT2D eigenvalue weighted by Gasteiger charge is -2.10. The van der Waals surface area contributed by atoms with Gasteiger partial charge in [-0.1, -0.05) is 30.7 Å². The summed E-state index contributed by atoms with van der Waals surface area (Å²) in [5.74, 6) is 0.914. The van der Waals surface area contributed by atoms with Crippen molar-refractivity contribution in [3.63, 3.8) is 0 Å². The Morgan fingerprint density at radius 1 is 1.25 bits per heavy atom. The van der Waals surface area contributed by atoms with Crippen LogP contribution in [0.2, 0.25) is 5.15 Å². The van der Waals surface area contributed by atoms with Crippen LogP contribution in [0.25, 0.3) is 0 Å². The van der Waals surface area contributed by atoms with Crippen molar-refractivity contribution >= 4 is 17.3 Å². The van der Waals surface area contributed by atoms with E-state index in [1.165, 1.54) is 5.56 Å². The number of aromatic nitrogens is 1. The first-order valence-corrected chi connectivity index (χ1v) is 7.15. The van der Waals surface area contributed by atoms with Crippen LogP contribution in [0, 0.1) is 6.92 Å². The maximum atomic E-state index is 5.85. The Kier molecular flexibility index (Phi) is 5.24. The molecule has 2 rings (SSSR count). The molecule has 0 saturated heterocycles. The molecule has 0 saturated carbocycles. The first-order valence-electron chi connectivity index (χ1n) is 6.78. The first kappa shape index (κ1) is 14.7. The van der Waals surface area contributed by atoms with Crippen molar-refractivity contribution in [1.29, 1.82) is 0 Å². The van der Waals surface area contributed by atoms with Crippen LogP contribution < -0.4 is 10.1 Å². The molecule has 1 heterocycles. The van der Waals surface area contributed by atoms with E-state index in [2.05, 4.69) is 29.4 Å². The van der Waals surface area contributed by atoms with Gasteiger partial charge in [-0.25, -0.2) is 4.98 Å². The predicted octanol–water partition coefficient (Wildman–Crippen LogP) is 4.44. The Labute approximate surface area is 124 Å². The van der Waals surface area contributed by atoms with Gasteiger partial charge in [0.25, 0.3) is 0 Å². The molecular formula is C16H19ClN2O. The van der Waals surface area contributed by atoms with E-state index in [4.69, 9.17) is 16.3 Å². The number of aryl methyl sites for hydroxylation is 1. The van der Waals surface area contributed by atoms with Crippen molar-refractivity contribution in [2.24, 2.45) is 0 Å². The fourth-order valence-corrected chi connectivity index (χ4v) is 2.07. The Morgan fingerprint density at radius 2 is 2.10 bits per heavy atom. The lowest BCUT2D eigenvalue weighted by molar-refractivity contribution is 0.317. The summed E-state index contributed by atoms with van der Waals surface area (Å²) in [6.45, 7) is 5.52. The smallest absolute Gasteiger partial charge is 0.129 e. The third-order valence-electron chi connectivity index (χ3n) is 2.91. The van der Waals surface area contributed by atoms with E-state index in [9.17, 15) is 0 Å². The molecule has 0 spiro atoms. The molecule has 20 heavy (non-hydrogen) atoms. The Morgan fingerprint density at radius 3 is 2.85 bits per heavy atom. The summed E-state index contributed by atoms with van der Waals surface area (Å²) < 4.78 is 5.63. The minimum atomic E-state index is 0.517. The molecule has 1 N–H and O–H groups in total. The zero-order valence-electron chi connectivity index (χ0n) is 11.8.